The molecule has 2 aliphatic carbocycles. The Hall–Kier alpha value is -2.39. The number of thiazole rings is 1. The first-order valence-electron chi connectivity index (χ1n) is 11.4. The van der Waals surface area contributed by atoms with E-state index < -0.39 is 5.97 Å². The van der Waals surface area contributed by atoms with Crippen LogP contribution in [0.4, 0.5) is 0 Å². The Labute approximate surface area is 198 Å². The fraction of sp³-hybridized carbons (Fsp3) is 0.500. The lowest BCUT2D eigenvalue weighted by molar-refractivity contribution is -0.142. The van der Waals surface area contributed by atoms with E-state index in [1.54, 1.807) is 11.8 Å². The number of benzene rings is 1. The van der Waals surface area contributed by atoms with E-state index in [-0.39, 0.29) is 76.8 Å². The molecule has 6 rings (SSSR count). The van der Waals surface area contributed by atoms with E-state index in [1.807, 2.05) is 6.92 Å². The lowest BCUT2D eigenvalue weighted by Crippen LogP contribution is -2.42. The fourth-order valence-corrected chi connectivity index (χ4v) is 9.72. The minimum absolute atomic E-state index is 0.0377. The molecule has 3 fully saturated rings. The summed E-state index contributed by atoms with van der Waals surface area (Å²) in [6.07, 6.45) is 1.09. The van der Waals surface area contributed by atoms with Crippen molar-refractivity contribution in [1.29, 1.82) is 0 Å². The fourth-order valence-electron chi connectivity index (χ4n) is 6.83. The number of carbonyl (C=O) groups excluding carboxylic acids is 2. The molecular formula is C24H24N2O5S2. The van der Waals surface area contributed by atoms with Gasteiger partial charge in [0.05, 0.1) is 16.9 Å². The van der Waals surface area contributed by atoms with Crippen molar-refractivity contribution in [3.05, 3.63) is 49.9 Å². The topological polar surface area (TPSA) is 108 Å². The SMILES string of the molecule is Cc1ccc([C@H]2c3sc(=O)[nH]c3S[C@@H]3[C@H]4C[C@@H]([C@@H]5C(=O)N(CCCC(=O)O)C(=O)[C@H]45)[C@@H]23)cc1. The summed E-state index contributed by atoms with van der Waals surface area (Å²) in [5, 5.41) is 10.0. The highest BCUT2D eigenvalue weighted by molar-refractivity contribution is 8.00. The molecule has 3 heterocycles. The van der Waals surface area contributed by atoms with Crippen molar-refractivity contribution in [2.24, 2.45) is 29.6 Å². The van der Waals surface area contributed by atoms with E-state index in [2.05, 4.69) is 29.2 Å². The van der Waals surface area contributed by atoms with Gasteiger partial charge < -0.3 is 10.1 Å². The molecule has 2 aliphatic heterocycles. The number of carboxylic acids is 1. The number of likely N-dealkylation sites (tertiary alicyclic amines) is 1. The average Bonchev–Trinajstić information content (AvgIpc) is 3.49. The third-order valence-electron chi connectivity index (χ3n) is 8.02. The Balaban J connectivity index is 1.37. The van der Waals surface area contributed by atoms with Crippen LogP contribution in [0.3, 0.4) is 0 Å². The number of nitrogens with zero attached hydrogens (tertiary/aromatic N) is 1. The first kappa shape index (κ1) is 21.2. The summed E-state index contributed by atoms with van der Waals surface area (Å²) in [7, 11) is 0. The zero-order valence-electron chi connectivity index (χ0n) is 18.0. The van der Waals surface area contributed by atoms with Crippen molar-refractivity contribution in [2.75, 3.05) is 6.54 Å². The first-order valence-corrected chi connectivity index (χ1v) is 13.1. The molecule has 9 heteroatoms. The molecule has 2 N–H and O–H groups in total. The molecule has 172 valence electrons. The normalized spacial score (nSPS) is 33.8. The zero-order valence-corrected chi connectivity index (χ0v) is 19.7. The van der Waals surface area contributed by atoms with Crippen LogP contribution in [0.1, 0.15) is 41.2 Å². The van der Waals surface area contributed by atoms with Crippen molar-refractivity contribution in [1.82, 2.24) is 9.88 Å². The molecular weight excluding hydrogens is 460 g/mol. The van der Waals surface area contributed by atoms with E-state index in [4.69, 9.17) is 5.11 Å². The number of hydrogen-bond acceptors (Lipinski definition) is 6. The van der Waals surface area contributed by atoms with Crippen molar-refractivity contribution < 1.29 is 19.5 Å². The number of imide groups is 1. The van der Waals surface area contributed by atoms with Gasteiger partial charge in [0, 0.05) is 29.0 Å². The van der Waals surface area contributed by atoms with Gasteiger partial charge in [-0.15, -0.1) is 11.8 Å². The Morgan fingerprint density at radius 1 is 1.12 bits per heavy atom. The average molecular weight is 485 g/mol. The van der Waals surface area contributed by atoms with Gasteiger partial charge in [-0.1, -0.05) is 41.2 Å². The maximum absolute atomic E-state index is 13.4. The highest BCUT2D eigenvalue weighted by Gasteiger charge is 2.69. The number of hydrogen-bond donors (Lipinski definition) is 2. The van der Waals surface area contributed by atoms with E-state index in [9.17, 15) is 19.2 Å². The number of rotatable bonds is 5. The summed E-state index contributed by atoms with van der Waals surface area (Å²) in [5.41, 5.74) is 2.33. The predicted molar refractivity (Wildman–Crippen MR) is 123 cm³/mol. The van der Waals surface area contributed by atoms with Crippen molar-refractivity contribution >= 4 is 40.9 Å². The van der Waals surface area contributed by atoms with Crippen LogP contribution in [0.25, 0.3) is 0 Å². The van der Waals surface area contributed by atoms with Gasteiger partial charge >= 0.3 is 10.8 Å². The van der Waals surface area contributed by atoms with Crippen LogP contribution in [0.5, 0.6) is 0 Å². The molecule has 0 spiro atoms. The highest BCUT2D eigenvalue weighted by Crippen LogP contribution is 2.68. The molecule has 33 heavy (non-hydrogen) atoms. The lowest BCUT2D eigenvalue weighted by Gasteiger charge is -2.43. The molecule has 1 aromatic heterocycles. The van der Waals surface area contributed by atoms with Crippen LogP contribution in [-0.4, -0.2) is 44.6 Å². The Kier molecular flexibility index (Phi) is 4.85. The van der Waals surface area contributed by atoms with Gasteiger partial charge in [-0.25, -0.2) is 0 Å². The Morgan fingerprint density at radius 2 is 1.82 bits per heavy atom. The maximum Gasteiger partial charge on any atom is 0.305 e. The smallest absolute Gasteiger partial charge is 0.305 e. The molecule has 2 amide bonds. The summed E-state index contributed by atoms with van der Waals surface area (Å²) in [4.78, 5) is 55.1. The molecule has 2 aromatic rings. The van der Waals surface area contributed by atoms with E-state index in [1.165, 1.54) is 21.8 Å². The number of nitrogens with one attached hydrogen (secondary N) is 1. The van der Waals surface area contributed by atoms with Crippen LogP contribution >= 0.6 is 23.1 Å². The third-order valence-corrected chi connectivity index (χ3v) is 10.6. The van der Waals surface area contributed by atoms with E-state index in [0.29, 0.717) is 0 Å². The standard InChI is InChI=1S/C24H24N2O5S2/c1-10-4-6-11(7-5-10)15-16-12-9-13(19(16)32-21-20(15)33-24(31)25-21)18-17(12)22(29)26(23(18)30)8-2-3-14(27)28/h4-7,12-13,15-19H,2-3,8-9H2,1H3,(H,25,31)(H,27,28)/t12-,13+,15-,16+,17+,18-,19-/m1/s1. The number of fused-ring (bicyclic) bond motifs is 9. The lowest BCUT2D eigenvalue weighted by atomic mass is 9.68. The maximum atomic E-state index is 13.4. The molecule has 1 aromatic carbocycles. The number of aryl methyl sites for hydroxylation is 1. The van der Waals surface area contributed by atoms with Crippen molar-refractivity contribution in [2.45, 2.75) is 42.4 Å². The number of thioether (sulfide) groups is 1. The highest BCUT2D eigenvalue weighted by atomic mass is 32.2. The Bertz CT molecular complexity index is 1220. The second-order valence-corrected chi connectivity index (χ2v) is 11.9. The number of amides is 2. The molecule has 7 atom stereocenters. The molecule has 2 saturated carbocycles. The molecule has 2 bridgehead atoms. The third kappa shape index (κ3) is 3.08. The number of aromatic nitrogens is 1. The van der Waals surface area contributed by atoms with Gasteiger partial charge in [-0.05, 0) is 43.1 Å². The molecule has 0 unspecified atom stereocenters. The van der Waals surface area contributed by atoms with Crippen LogP contribution in [0.15, 0.2) is 34.1 Å². The van der Waals surface area contributed by atoms with Gasteiger partial charge in [0.2, 0.25) is 11.8 Å². The minimum atomic E-state index is -0.919. The minimum Gasteiger partial charge on any atom is -0.481 e. The summed E-state index contributed by atoms with van der Waals surface area (Å²) in [6.45, 7) is 2.23. The molecule has 7 nitrogen and oxygen atoms in total. The number of aromatic amines is 1. The predicted octanol–water partition coefficient (Wildman–Crippen LogP) is 3.08. The van der Waals surface area contributed by atoms with Crippen LogP contribution < -0.4 is 4.87 Å². The second-order valence-electron chi connectivity index (χ2n) is 9.70. The van der Waals surface area contributed by atoms with Gasteiger partial charge in [-0.3, -0.25) is 24.1 Å². The Morgan fingerprint density at radius 3 is 2.52 bits per heavy atom. The summed E-state index contributed by atoms with van der Waals surface area (Å²) < 4.78 is 0. The first-order chi connectivity index (χ1) is 15.8. The van der Waals surface area contributed by atoms with E-state index in [0.717, 1.165) is 21.9 Å². The second kappa shape index (κ2) is 7.56. The number of H-pyrrole nitrogens is 1. The zero-order chi connectivity index (χ0) is 23.0. The van der Waals surface area contributed by atoms with Gasteiger partial charge in [-0.2, -0.15) is 0 Å². The summed E-state index contributed by atoms with van der Waals surface area (Å²) >= 11 is 2.95. The van der Waals surface area contributed by atoms with Gasteiger partial charge in [0.1, 0.15) is 0 Å². The largest absolute Gasteiger partial charge is 0.481 e. The summed E-state index contributed by atoms with van der Waals surface area (Å²) in [6, 6.07) is 8.44. The molecule has 0 radical (unpaired) electrons. The number of aliphatic carboxylic acids is 1. The quantitative estimate of drug-likeness (QED) is 0.632. The van der Waals surface area contributed by atoms with Crippen LogP contribution in [0.2, 0.25) is 0 Å². The van der Waals surface area contributed by atoms with Crippen LogP contribution in [-0.2, 0) is 14.4 Å². The number of carboxylic acid groups (broad SMARTS) is 1. The van der Waals surface area contributed by atoms with Gasteiger partial charge in [0.15, 0.2) is 0 Å². The molecule has 4 aliphatic rings. The molecule has 1 saturated heterocycles. The van der Waals surface area contributed by atoms with Crippen molar-refractivity contribution in [3.63, 3.8) is 0 Å². The van der Waals surface area contributed by atoms with Gasteiger partial charge in [0.25, 0.3) is 0 Å². The van der Waals surface area contributed by atoms with Crippen LogP contribution in [0, 0.1) is 36.5 Å². The number of carbonyl (C=O) groups is 3. The van der Waals surface area contributed by atoms with E-state index >= 15 is 0 Å². The summed E-state index contributed by atoms with van der Waals surface area (Å²) in [5.74, 6) is -1.38. The van der Waals surface area contributed by atoms with Crippen molar-refractivity contribution in [3.8, 4) is 0 Å². The monoisotopic (exact) mass is 484 g/mol.